The summed E-state index contributed by atoms with van der Waals surface area (Å²) in [6.07, 6.45) is 0.394. The summed E-state index contributed by atoms with van der Waals surface area (Å²) >= 11 is 0. The number of amides is 2. The van der Waals surface area contributed by atoms with E-state index in [2.05, 4.69) is 10.6 Å². The molecule has 0 aromatic heterocycles. The quantitative estimate of drug-likeness (QED) is 0.548. The highest BCUT2D eigenvalue weighted by molar-refractivity contribution is 5.91. The van der Waals surface area contributed by atoms with Gasteiger partial charge < -0.3 is 15.7 Å². The average Bonchev–Trinajstić information content (AvgIpc) is 2.41. The van der Waals surface area contributed by atoms with Gasteiger partial charge in [0.2, 0.25) is 0 Å². The summed E-state index contributed by atoms with van der Waals surface area (Å²) in [5.41, 5.74) is 0.553. The third-order valence-corrected chi connectivity index (χ3v) is 3.10. The molecule has 0 fully saturated rings. The predicted molar refractivity (Wildman–Crippen MR) is 76.3 cm³/mol. The lowest BCUT2D eigenvalue weighted by molar-refractivity contribution is -0.385. The number of anilines is 1. The van der Waals surface area contributed by atoms with Crippen LogP contribution in [-0.2, 0) is 4.79 Å². The van der Waals surface area contributed by atoms with Crippen molar-refractivity contribution in [2.45, 2.75) is 20.3 Å². The van der Waals surface area contributed by atoms with Crippen LogP contribution in [-0.4, -0.2) is 28.6 Å². The highest BCUT2D eigenvalue weighted by Crippen LogP contribution is 2.24. The Morgan fingerprint density at radius 1 is 1.43 bits per heavy atom. The van der Waals surface area contributed by atoms with Crippen LogP contribution in [0.1, 0.15) is 18.9 Å². The van der Waals surface area contributed by atoms with E-state index in [1.165, 1.54) is 25.1 Å². The van der Waals surface area contributed by atoms with Gasteiger partial charge in [-0.15, -0.1) is 0 Å². The molecule has 1 atom stereocenters. The van der Waals surface area contributed by atoms with Crippen LogP contribution in [0, 0.1) is 23.0 Å². The van der Waals surface area contributed by atoms with Crippen LogP contribution in [0.25, 0.3) is 0 Å². The fourth-order valence-electron chi connectivity index (χ4n) is 1.75. The van der Waals surface area contributed by atoms with Gasteiger partial charge in [0, 0.05) is 12.6 Å². The summed E-state index contributed by atoms with van der Waals surface area (Å²) in [4.78, 5) is 32.8. The molecule has 21 heavy (non-hydrogen) atoms. The first-order chi connectivity index (χ1) is 9.86. The molecule has 0 saturated heterocycles. The van der Waals surface area contributed by atoms with Gasteiger partial charge in [-0.1, -0.05) is 13.0 Å². The second-order valence-electron chi connectivity index (χ2n) is 4.49. The van der Waals surface area contributed by atoms with Crippen LogP contribution >= 0.6 is 0 Å². The second-order valence-corrected chi connectivity index (χ2v) is 4.49. The van der Waals surface area contributed by atoms with Gasteiger partial charge in [-0.25, -0.2) is 4.79 Å². The lowest BCUT2D eigenvalue weighted by atomic mass is 10.1. The number of carbonyl (C=O) groups is 2. The molecule has 114 valence electrons. The van der Waals surface area contributed by atoms with Crippen LogP contribution in [0.3, 0.4) is 0 Å². The molecule has 1 unspecified atom stereocenters. The SMILES string of the molecule is CCC(CNC(=O)Nc1cccc([N+](=O)[O-])c1C)C(=O)O. The van der Waals surface area contributed by atoms with Gasteiger partial charge in [0.15, 0.2) is 0 Å². The van der Waals surface area contributed by atoms with E-state index in [1.54, 1.807) is 6.92 Å². The van der Waals surface area contributed by atoms with Crippen LogP contribution in [0.15, 0.2) is 18.2 Å². The standard InChI is InChI=1S/C13H17N3O5/c1-3-9(12(17)18)7-14-13(19)15-10-5-4-6-11(8(10)2)16(20)21/h4-6,9H,3,7H2,1-2H3,(H,17,18)(H2,14,15,19). The molecule has 0 aliphatic heterocycles. The number of hydrogen-bond donors (Lipinski definition) is 3. The summed E-state index contributed by atoms with van der Waals surface area (Å²) in [6.45, 7) is 3.23. The molecule has 0 saturated carbocycles. The molecule has 1 rings (SSSR count). The number of nitrogens with zero attached hydrogens (tertiary/aromatic N) is 1. The largest absolute Gasteiger partial charge is 0.481 e. The number of nitro benzene ring substituents is 1. The van der Waals surface area contributed by atoms with Crippen molar-refractivity contribution >= 4 is 23.4 Å². The minimum absolute atomic E-state index is 0.00829. The molecule has 8 nitrogen and oxygen atoms in total. The van der Waals surface area contributed by atoms with Crippen molar-refractivity contribution in [1.82, 2.24) is 5.32 Å². The minimum Gasteiger partial charge on any atom is -0.481 e. The summed E-state index contributed by atoms with van der Waals surface area (Å²) in [7, 11) is 0. The number of benzene rings is 1. The number of urea groups is 1. The number of carboxylic acid groups (broad SMARTS) is 1. The number of nitro groups is 1. The third kappa shape index (κ3) is 4.44. The molecule has 1 aromatic carbocycles. The van der Waals surface area contributed by atoms with Gasteiger partial charge in [-0.3, -0.25) is 14.9 Å². The summed E-state index contributed by atoms with van der Waals surface area (Å²) in [6, 6.07) is 3.75. The second kappa shape index (κ2) is 7.22. The van der Waals surface area contributed by atoms with Crippen molar-refractivity contribution in [2.24, 2.45) is 5.92 Å². The molecular weight excluding hydrogens is 278 g/mol. The van der Waals surface area contributed by atoms with Crippen molar-refractivity contribution in [1.29, 1.82) is 0 Å². The maximum Gasteiger partial charge on any atom is 0.319 e. The Morgan fingerprint density at radius 3 is 2.62 bits per heavy atom. The first-order valence-corrected chi connectivity index (χ1v) is 6.38. The zero-order chi connectivity index (χ0) is 16.0. The fraction of sp³-hybridized carbons (Fsp3) is 0.385. The number of nitrogens with one attached hydrogen (secondary N) is 2. The number of hydrogen-bond acceptors (Lipinski definition) is 4. The topological polar surface area (TPSA) is 122 Å². The van der Waals surface area contributed by atoms with Crippen molar-refractivity contribution < 1.29 is 19.6 Å². The maximum absolute atomic E-state index is 11.7. The molecule has 8 heteroatoms. The third-order valence-electron chi connectivity index (χ3n) is 3.10. The Balaban J connectivity index is 2.69. The van der Waals surface area contributed by atoms with Crippen LogP contribution in [0.5, 0.6) is 0 Å². The van der Waals surface area contributed by atoms with E-state index in [4.69, 9.17) is 5.11 Å². The molecule has 0 heterocycles. The zero-order valence-electron chi connectivity index (χ0n) is 11.8. The molecule has 0 aliphatic rings. The van der Waals surface area contributed by atoms with Crippen LogP contribution in [0.4, 0.5) is 16.2 Å². The van der Waals surface area contributed by atoms with Gasteiger partial charge in [-0.2, -0.15) is 0 Å². The lowest BCUT2D eigenvalue weighted by Crippen LogP contribution is -2.35. The van der Waals surface area contributed by atoms with E-state index in [-0.39, 0.29) is 12.2 Å². The van der Waals surface area contributed by atoms with Crippen molar-refractivity contribution in [3.63, 3.8) is 0 Å². The average molecular weight is 295 g/mol. The molecular formula is C13H17N3O5. The van der Waals surface area contributed by atoms with Crippen LogP contribution < -0.4 is 10.6 Å². The summed E-state index contributed by atoms with van der Waals surface area (Å²) < 4.78 is 0. The van der Waals surface area contributed by atoms with Gasteiger partial charge >= 0.3 is 12.0 Å². The zero-order valence-corrected chi connectivity index (χ0v) is 11.8. The molecule has 3 N–H and O–H groups in total. The van der Waals surface area contributed by atoms with E-state index in [9.17, 15) is 19.7 Å². The van der Waals surface area contributed by atoms with E-state index in [0.717, 1.165) is 0 Å². The van der Waals surface area contributed by atoms with E-state index in [0.29, 0.717) is 17.7 Å². The molecule has 0 bridgehead atoms. The summed E-state index contributed by atoms with van der Waals surface area (Å²) in [5, 5.41) is 24.6. The van der Waals surface area contributed by atoms with E-state index < -0.39 is 22.8 Å². The molecule has 0 spiro atoms. The Hall–Kier alpha value is -2.64. The Labute approximate surface area is 121 Å². The van der Waals surface area contributed by atoms with Gasteiger partial charge in [0.25, 0.3) is 5.69 Å². The Kier molecular flexibility index (Phi) is 5.65. The Bertz CT molecular complexity index is 559. The van der Waals surface area contributed by atoms with E-state index >= 15 is 0 Å². The maximum atomic E-state index is 11.7. The smallest absolute Gasteiger partial charge is 0.319 e. The molecule has 0 aliphatic carbocycles. The number of carboxylic acids is 1. The first kappa shape index (κ1) is 16.4. The fourth-order valence-corrected chi connectivity index (χ4v) is 1.75. The van der Waals surface area contributed by atoms with Crippen LogP contribution in [0.2, 0.25) is 0 Å². The Morgan fingerprint density at radius 2 is 2.10 bits per heavy atom. The van der Waals surface area contributed by atoms with Gasteiger partial charge in [0.1, 0.15) is 0 Å². The minimum atomic E-state index is -0.982. The van der Waals surface area contributed by atoms with Crippen molar-refractivity contribution in [3.8, 4) is 0 Å². The lowest BCUT2D eigenvalue weighted by Gasteiger charge is -2.13. The molecule has 0 radical (unpaired) electrons. The summed E-state index contributed by atoms with van der Waals surface area (Å²) in [5.74, 6) is -1.65. The first-order valence-electron chi connectivity index (χ1n) is 6.38. The molecule has 1 aromatic rings. The number of rotatable bonds is 6. The highest BCUT2D eigenvalue weighted by Gasteiger charge is 2.17. The highest BCUT2D eigenvalue weighted by atomic mass is 16.6. The van der Waals surface area contributed by atoms with Crippen molar-refractivity contribution in [3.05, 3.63) is 33.9 Å². The molecule has 2 amide bonds. The normalized spacial score (nSPS) is 11.5. The van der Waals surface area contributed by atoms with Gasteiger partial charge in [0.05, 0.1) is 22.1 Å². The van der Waals surface area contributed by atoms with Gasteiger partial charge in [-0.05, 0) is 19.4 Å². The van der Waals surface area contributed by atoms with E-state index in [1.807, 2.05) is 0 Å². The van der Waals surface area contributed by atoms with Crippen molar-refractivity contribution in [2.75, 3.05) is 11.9 Å². The monoisotopic (exact) mass is 295 g/mol. The number of carbonyl (C=O) groups excluding carboxylic acids is 1. The number of aliphatic carboxylic acids is 1. The predicted octanol–water partition coefficient (Wildman–Crippen LogP) is 2.14.